The molecule has 128 valence electrons. The van der Waals surface area contributed by atoms with Gasteiger partial charge in [0.1, 0.15) is 11.6 Å². The van der Waals surface area contributed by atoms with Gasteiger partial charge in [-0.05, 0) is 30.7 Å². The molecular formula is C20H22N4O. The van der Waals surface area contributed by atoms with Crippen LogP contribution >= 0.6 is 0 Å². The van der Waals surface area contributed by atoms with Crippen LogP contribution in [0.25, 0.3) is 11.3 Å². The van der Waals surface area contributed by atoms with Crippen LogP contribution in [0.3, 0.4) is 0 Å². The van der Waals surface area contributed by atoms with Gasteiger partial charge in [0.2, 0.25) is 5.95 Å². The number of methoxy groups -OCH3 is 1. The zero-order valence-corrected chi connectivity index (χ0v) is 14.5. The molecule has 0 spiro atoms. The summed E-state index contributed by atoms with van der Waals surface area (Å²) in [6, 6.07) is 19.8. The van der Waals surface area contributed by atoms with E-state index in [1.807, 2.05) is 60.7 Å². The van der Waals surface area contributed by atoms with Gasteiger partial charge in [0.15, 0.2) is 0 Å². The summed E-state index contributed by atoms with van der Waals surface area (Å²) >= 11 is 0. The summed E-state index contributed by atoms with van der Waals surface area (Å²) in [5.74, 6) is 2.19. The molecule has 0 aliphatic heterocycles. The van der Waals surface area contributed by atoms with Crippen LogP contribution in [0.5, 0.6) is 5.75 Å². The van der Waals surface area contributed by atoms with E-state index in [-0.39, 0.29) is 0 Å². The second-order valence-corrected chi connectivity index (χ2v) is 5.61. The van der Waals surface area contributed by atoms with Crippen LogP contribution in [0.15, 0.2) is 60.7 Å². The minimum atomic E-state index is 0.560. The Morgan fingerprint density at radius 1 is 0.960 bits per heavy atom. The predicted octanol–water partition coefficient (Wildman–Crippen LogP) is 4.72. The van der Waals surface area contributed by atoms with Crippen LogP contribution < -0.4 is 15.4 Å². The van der Waals surface area contributed by atoms with Gasteiger partial charge >= 0.3 is 0 Å². The van der Waals surface area contributed by atoms with Gasteiger partial charge in [-0.15, -0.1) is 0 Å². The second-order valence-electron chi connectivity index (χ2n) is 5.61. The number of hydrogen-bond acceptors (Lipinski definition) is 5. The van der Waals surface area contributed by atoms with E-state index in [1.165, 1.54) is 0 Å². The van der Waals surface area contributed by atoms with Gasteiger partial charge in [0, 0.05) is 23.9 Å². The van der Waals surface area contributed by atoms with E-state index >= 15 is 0 Å². The van der Waals surface area contributed by atoms with Crippen molar-refractivity contribution in [3.8, 4) is 17.0 Å². The van der Waals surface area contributed by atoms with Gasteiger partial charge in [-0.25, -0.2) is 4.98 Å². The van der Waals surface area contributed by atoms with E-state index in [1.54, 1.807) is 7.11 Å². The zero-order valence-electron chi connectivity index (χ0n) is 14.5. The Labute approximate surface area is 148 Å². The molecule has 0 saturated heterocycles. The number of aromatic nitrogens is 2. The van der Waals surface area contributed by atoms with Crippen molar-refractivity contribution in [3.05, 3.63) is 60.7 Å². The summed E-state index contributed by atoms with van der Waals surface area (Å²) in [6.07, 6.45) is 1.03. The van der Waals surface area contributed by atoms with Gasteiger partial charge in [-0.1, -0.05) is 37.3 Å². The summed E-state index contributed by atoms with van der Waals surface area (Å²) in [7, 11) is 1.65. The van der Waals surface area contributed by atoms with E-state index < -0.39 is 0 Å². The van der Waals surface area contributed by atoms with Crippen molar-refractivity contribution in [2.75, 3.05) is 24.3 Å². The molecular weight excluding hydrogens is 312 g/mol. The van der Waals surface area contributed by atoms with Crippen molar-refractivity contribution in [3.63, 3.8) is 0 Å². The normalized spacial score (nSPS) is 10.3. The Balaban J connectivity index is 1.90. The number of anilines is 3. The first-order valence-corrected chi connectivity index (χ1v) is 8.38. The van der Waals surface area contributed by atoms with Crippen molar-refractivity contribution in [2.45, 2.75) is 13.3 Å². The van der Waals surface area contributed by atoms with Crippen LogP contribution in [0.2, 0.25) is 0 Å². The number of ether oxygens (including phenoxy) is 1. The fourth-order valence-corrected chi connectivity index (χ4v) is 2.41. The zero-order chi connectivity index (χ0) is 17.5. The highest BCUT2D eigenvalue weighted by Gasteiger charge is 2.07. The van der Waals surface area contributed by atoms with E-state index in [2.05, 4.69) is 27.5 Å². The third kappa shape index (κ3) is 4.47. The summed E-state index contributed by atoms with van der Waals surface area (Å²) < 4.78 is 5.19. The smallest absolute Gasteiger partial charge is 0.229 e. The van der Waals surface area contributed by atoms with Gasteiger partial charge in [0.25, 0.3) is 0 Å². The summed E-state index contributed by atoms with van der Waals surface area (Å²) in [5, 5.41) is 6.60. The Morgan fingerprint density at radius 2 is 1.72 bits per heavy atom. The first kappa shape index (κ1) is 16.8. The molecule has 0 bridgehead atoms. The molecule has 0 unspecified atom stereocenters. The maximum Gasteiger partial charge on any atom is 0.229 e. The maximum absolute atomic E-state index is 5.19. The number of rotatable bonds is 7. The third-order valence-electron chi connectivity index (χ3n) is 3.70. The molecule has 5 heteroatoms. The lowest BCUT2D eigenvalue weighted by Gasteiger charge is -2.11. The maximum atomic E-state index is 5.19. The van der Waals surface area contributed by atoms with Gasteiger partial charge in [-0.3, -0.25) is 0 Å². The van der Waals surface area contributed by atoms with Crippen LogP contribution in [-0.2, 0) is 0 Å². The second kappa shape index (κ2) is 8.15. The van der Waals surface area contributed by atoms with Crippen molar-refractivity contribution in [1.82, 2.24) is 9.97 Å². The highest BCUT2D eigenvalue weighted by molar-refractivity contribution is 5.66. The summed E-state index contributed by atoms with van der Waals surface area (Å²) in [4.78, 5) is 9.23. The van der Waals surface area contributed by atoms with E-state index in [9.17, 15) is 0 Å². The lowest BCUT2D eigenvalue weighted by atomic mass is 10.1. The molecule has 0 amide bonds. The number of hydrogen-bond donors (Lipinski definition) is 2. The Morgan fingerprint density at radius 3 is 2.40 bits per heavy atom. The molecule has 0 aliphatic rings. The van der Waals surface area contributed by atoms with Gasteiger partial charge < -0.3 is 15.4 Å². The van der Waals surface area contributed by atoms with Crippen LogP contribution in [0, 0.1) is 0 Å². The number of nitrogens with one attached hydrogen (secondary N) is 2. The molecule has 2 aromatic carbocycles. The quantitative estimate of drug-likeness (QED) is 0.655. The van der Waals surface area contributed by atoms with Crippen LogP contribution in [0.1, 0.15) is 13.3 Å². The van der Waals surface area contributed by atoms with Crippen molar-refractivity contribution >= 4 is 17.5 Å². The SMILES string of the molecule is CCCNc1cc(-c2ccccc2)nc(Nc2ccc(OC)cc2)n1. The first-order valence-electron chi connectivity index (χ1n) is 8.38. The average Bonchev–Trinajstić information content (AvgIpc) is 2.67. The monoisotopic (exact) mass is 334 g/mol. The van der Waals surface area contributed by atoms with Crippen molar-refractivity contribution in [2.24, 2.45) is 0 Å². The molecule has 0 atom stereocenters. The number of benzene rings is 2. The molecule has 1 aromatic heterocycles. The van der Waals surface area contributed by atoms with Crippen LogP contribution in [0.4, 0.5) is 17.5 Å². The third-order valence-corrected chi connectivity index (χ3v) is 3.70. The fraction of sp³-hybridized carbons (Fsp3) is 0.200. The van der Waals surface area contributed by atoms with Gasteiger partial charge in [-0.2, -0.15) is 4.98 Å². The molecule has 0 saturated carbocycles. The fourth-order valence-electron chi connectivity index (χ4n) is 2.41. The largest absolute Gasteiger partial charge is 0.497 e. The highest BCUT2D eigenvalue weighted by atomic mass is 16.5. The van der Waals surface area contributed by atoms with Gasteiger partial charge in [0.05, 0.1) is 12.8 Å². The Bertz CT molecular complexity index is 804. The summed E-state index contributed by atoms with van der Waals surface area (Å²) in [5.41, 5.74) is 2.85. The summed E-state index contributed by atoms with van der Waals surface area (Å²) in [6.45, 7) is 3.00. The molecule has 5 nitrogen and oxygen atoms in total. The lowest BCUT2D eigenvalue weighted by Crippen LogP contribution is -2.06. The standard InChI is InChI=1S/C20H22N4O/c1-3-13-21-19-14-18(15-7-5-4-6-8-15)23-20(24-19)22-16-9-11-17(25-2)12-10-16/h4-12,14H,3,13H2,1-2H3,(H2,21,22,23,24). The Kier molecular flexibility index (Phi) is 5.46. The molecule has 0 fully saturated rings. The lowest BCUT2D eigenvalue weighted by molar-refractivity contribution is 0.415. The molecule has 25 heavy (non-hydrogen) atoms. The van der Waals surface area contributed by atoms with E-state index in [0.717, 1.165) is 41.5 Å². The van der Waals surface area contributed by atoms with E-state index in [0.29, 0.717) is 5.95 Å². The van der Waals surface area contributed by atoms with Crippen molar-refractivity contribution in [1.29, 1.82) is 0 Å². The van der Waals surface area contributed by atoms with Crippen LogP contribution in [-0.4, -0.2) is 23.6 Å². The van der Waals surface area contributed by atoms with Crippen molar-refractivity contribution < 1.29 is 4.74 Å². The molecule has 0 aliphatic carbocycles. The van der Waals surface area contributed by atoms with E-state index in [4.69, 9.17) is 4.74 Å². The molecule has 1 heterocycles. The minimum absolute atomic E-state index is 0.560. The molecule has 3 rings (SSSR count). The average molecular weight is 334 g/mol. The minimum Gasteiger partial charge on any atom is -0.497 e. The number of nitrogens with zero attached hydrogens (tertiary/aromatic N) is 2. The first-order chi connectivity index (χ1) is 12.3. The topological polar surface area (TPSA) is 59.1 Å². The highest BCUT2D eigenvalue weighted by Crippen LogP contribution is 2.24. The Hall–Kier alpha value is -3.08. The molecule has 3 aromatic rings. The molecule has 0 radical (unpaired) electrons. The predicted molar refractivity (Wildman–Crippen MR) is 103 cm³/mol. The molecule has 2 N–H and O–H groups in total.